The number of anilines is 3. The van der Waals surface area contributed by atoms with E-state index >= 15 is 0 Å². The quantitative estimate of drug-likeness (QED) is 0.160. The fraction of sp³-hybridized carbons (Fsp3) is 0.167. The van der Waals surface area contributed by atoms with E-state index in [-0.39, 0.29) is 6.71 Å². The first-order chi connectivity index (χ1) is 37.7. The van der Waals surface area contributed by atoms with Crippen molar-refractivity contribution in [3.63, 3.8) is 0 Å². The number of fused-ring (bicyclic) bond motifs is 13. The Labute approximate surface area is 442 Å². The average molecular weight is 972 g/mol. The molecule has 2 fully saturated rings. The summed E-state index contributed by atoms with van der Waals surface area (Å²) < 4.78 is 5.36. The second-order valence-corrected chi connectivity index (χ2v) is 23.2. The number of hydrogen-bond acceptors (Lipinski definition) is 1. The molecule has 2 saturated carbocycles. The van der Waals surface area contributed by atoms with Crippen molar-refractivity contribution in [2.75, 3.05) is 4.90 Å². The van der Waals surface area contributed by atoms with E-state index in [0.717, 1.165) is 0 Å². The van der Waals surface area contributed by atoms with Crippen molar-refractivity contribution in [3.05, 3.63) is 205 Å². The molecule has 4 heterocycles. The van der Waals surface area contributed by atoms with Crippen LogP contribution in [0.3, 0.4) is 0 Å². The summed E-state index contributed by atoms with van der Waals surface area (Å²) in [7, 11) is 0. The maximum absolute atomic E-state index is 2.73. The van der Waals surface area contributed by atoms with E-state index < -0.39 is 0 Å². The van der Waals surface area contributed by atoms with E-state index in [9.17, 15) is 0 Å². The first-order valence-electron chi connectivity index (χ1n) is 28.4. The smallest absolute Gasteiger partial charge is 0.252 e. The van der Waals surface area contributed by atoms with Gasteiger partial charge in [0.25, 0.3) is 6.71 Å². The second-order valence-electron chi connectivity index (χ2n) is 23.2. The molecule has 0 N–H and O–H groups in total. The zero-order valence-electron chi connectivity index (χ0n) is 42.6. The molecule has 13 aromatic rings. The van der Waals surface area contributed by atoms with E-state index in [1.54, 1.807) is 0 Å². The fourth-order valence-electron chi connectivity index (χ4n) is 16.0. The fourth-order valence-corrected chi connectivity index (χ4v) is 16.0. The summed E-state index contributed by atoms with van der Waals surface area (Å²) >= 11 is 0. The molecule has 3 nitrogen and oxygen atoms in total. The van der Waals surface area contributed by atoms with Crippen LogP contribution >= 0.6 is 0 Å². The van der Waals surface area contributed by atoms with Gasteiger partial charge in [0.1, 0.15) is 0 Å². The van der Waals surface area contributed by atoms with Crippen molar-refractivity contribution in [1.29, 1.82) is 0 Å². The van der Waals surface area contributed by atoms with Crippen LogP contribution in [-0.2, 0) is 0 Å². The Hall–Kier alpha value is -8.34. The minimum absolute atomic E-state index is 0.0226. The van der Waals surface area contributed by atoms with Crippen LogP contribution in [0.1, 0.15) is 87.2 Å². The second kappa shape index (κ2) is 15.6. The van der Waals surface area contributed by atoms with Crippen LogP contribution < -0.4 is 21.3 Å². The number of rotatable bonds is 4. The lowest BCUT2D eigenvalue weighted by Crippen LogP contribution is -2.60. The molecule has 0 spiro atoms. The Morgan fingerprint density at radius 3 is 1.79 bits per heavy atom. The summed E-state index contributed by atoms with van der Waals surface area (Å²) in [5, 5.41) is 13.3. The maximum Gasteiger partial charge on any atom is 0.252 e. The first kappa shape index (κ1) is 42.0. The summed E-state index contributed by atoms with van der Waals surface area (Å²) in [6, 6.07) is 76.3. The number of hydrogen-bond donors (Lipinski definition) is 0. The Morgan fingerprint density at radius 1 is 0.342 bits per heavy atom. The highest BCUT2D eigenvalue weighted by Crippen LogP contribution is 2.52. The van der Waals surface area contributed by atoms with Gasteiger partial charge in [0, 0.05) is 44.3 Å². The molecule has 0 bridgehead atoms. The Balaban J connectivity index is 1.01. The van der Waals surface area contributed by atoms with Gasteiger partial charge in [-0.2, -0.15) is 0 Å². The topological polar surface area (TPSA) is 13.1 Å². The number of benzene rings is 11. The van der Waals surface area contributed by atoms with Crippen molar-refractivity contribution in [2.45, 2.75) is 76.0 Å². The van der Waals surface area contributed by atoms with Gasteiger partial charge < -0.3 is 14.0 Å². The molecule has 0 amide bonds. The van der Waals surface area contributed by atoms with Crippen LogP contribution in [0, 0.1) is 0 Å². The molecule has 2 aliphatic heterocycles. The number of nitrogens with zero attached hydrogens (tertiary/aromatic N) is 3. The van der Waals surface area contributed by atoms with Gasteiger partial charge in [-0.25, -0.2) is 0 Å². The van der Waals surface area contributed by atoms with Crippen LogP contribution in [0.2, 0.25) is 0 Å². The molecule has 0 radical (unpaired) electrons. The van der Waals surface area contributed by atoms with Crippen molar-refractivity contribution < 1.29 is 0 Å². The van der Waals surface area contributed by atoms with E-state index in [1.165, 1.54) is 218 Å². The van der Waals surface area contributed by atoms with Crippen LogP contribution in [0.5, 0.6) is 0 Å². The SMILES string of the molecule is c1ccc2c(c1)-c1cccc3ccc4c(c13)c1c-2cccc1n4-c1cc2c3c(c1)-n1c4ccc(C5CCCCC5)cc4c4c5ccccc5cc(c41)B3c1cc(C3CCCCC3)ccc1N2c1ccc2ccccc2c1. The molecule has 3 aliphatic carbocycles. The zero-order chi connectivity index (χ0) is 49.3. The predicted octanol–water partition coefficient (Wildman–Crippen LogP) is 17.7. The van der Waals surface area contributed by atoms with E-state index in [2.05, 4.69) is 208 Å². The highest BCUT2D eigenvalue weighted by molar-refractivity contribution is 7.00. The normalized spacial score (nSPS) is 16.0. The summed E-state index contributed by atoms with van der Waals surface area (Å²) in [4.78, 5) is 2.66. The van der Waals surface area contributed by atoms with Crippen molar-refractivity contribution in [1.82, 2.24) is 9.13 Å². The monoisotopic (exact) mass is 971 g/mol. The van der Waals surface area contributed by atoms with Crippen molar-refractivity contribution in [3.8, 4) is 33.6 Å². The molecule has 0 saturated heterocycles. The van der Waals surface area contributed by atoms with Gasteiger partial charge in [0.2, 0.25) is 0 Å². The summed E-state index contributed by atoms with van der Waals surface area (Å²) in [6.45, 7) is 0.0226. The molecule has 4 heteroatoms. The third-order valence-corrected chi connectivity index (χ3v) is 19.3. The molecular weight excluding hydrogens is 918 g/mol. The highest BCUT2D eigenvalue weighted by Gasteiger charge is 2.44. The van der Waals surface area contributed by atoms with E-state index in [4.69, 9.17) is 0 Å². The predicted molar refractivity (Wildman–Crippen MR) is 323 cm³/mol. The van der Waals surface area contributed by atoms with Gasteiger partial charge in [-0.05, 0) is 174 Å². The van der Waals surface area contributed by atoms with Gasteiger partial charge in [-0.3, -0.25) is 0 Å². The van der Waals surface area contributed by atoms with Gasteiger partial charge in [0.15, 0.2) is 0 Å². The summed E-state index contributed by atoms with van der Waals surface area (Å²) in [5.41, 5.74) is 23.8. The lowest BCUT2D eigenvalue weighted by molar-refractivity contribution is 0.444. The Kier molecular flexibility index (Phi) is 8.62. The van der Waals surface area contributed by atoms with Crippen LogP contribution in [0.4, 0.5) is 17.1 Å². The van der Waals surface area contributed by atoms with E-state index in [0.29, 0.717) is 11.8 Å². The highest BCUT2D eigenvalue weighted by atomic mass is 15.2. The third kappa shape index (κ3) is 5.64. The van der Waals surface area contributed by atoms with Crippen LogP contribution in [-0.4, -0.2) is 15.8 Å². The molecule has 0 atom stereocenters. The van der Waals surface area contributed by atoms with Gasteiger partial charge >= 0.3 is 0 Å². The minimum Gasteiger partial charge on any atom is -0.311 e. The zero-order valence-corrected chi connectivity index (χ0v) is 42.6. The molecule has 18 rings (SSSR count). The van der Waals surface area contributed by atoms with Crippen molar-refractivity contribution >= 4 is 116 Å². The molecular formula is C72H54BN3. The lowest BCUT2D eigenvalue weighted by Gasteiger charge is -2.41. The van der Waals surface area contributed by atoms with Gasteiger partial charge in [-0.15, -0.1) is 0 Å². The Bertz CT molecular complexity index is 4690. The van der Waals surface area contributed by atoms with Gasteiger partial charge in [0.05, 0.1) is 27.8 Å². The average Bonchev–Trinajstić information content (AvgIpc) is 4.10. The molecule has 360 valence electrons. The van der Waals surface area contributed by atoms with E-state index in [1.807, 2.05) is 0 Å². The summed E-state index contributed by atoms with van der Waals surface area (Å²) in [6.07, 6.45) is 13.1. The third-order valence-electron chi connectivity index (χ3n) is 19.3. The molecule has 2 aromatic heterocycles. The largest absolute Gasteiger partial charge is 0.311 e. The summed E-state index contributed by atoms with van der Waals surface area (Å²) in [5.74, 6) is 1.18. The van der Waals surface area contributed by atoms with Crippen LogP contribution in [0.25, 0.3) is 110 Å². The minimum atomic E-state index is 0.0226. The molecule has 11 aromatic carbocycles. The lowest BCUT2D eigenvalue weighted by atomic mass is 9.33. The molecule has 5 aliphatic rings. The standard InChI is InChI=1S/C72H54BN3/c1-3-15-43(16-4-1)48-31-34-61-58(38-48)68-53-23-10-9-21-50(53)40-60-72(68)76(61)66-42-52(75-63-28-14-27-57-55-25-12-11-24-54(55)56-26-13-22-46-30-36-64(75)70(67(46)56)69(57)63)41-65-71(66)73(60)59-39-49(44-17-5-2-6-18-44)32-35-62(59)74(65)51-33-29-45-19-7-8-20-47(45)37-51/h7-14,19-44H,1-6,15-18H2. The molecule has 76 heavy (non-hydrogen) atoms. The molecule has 0 unspecified atom stereocenters. The van der Waals surface area contributed by atoms with Gasteiger partial charge in [-0.1, -0.05) is 178 Å². The Morgan fingerprint density at radius 2 is 0.974 bits per heavy atom. The van der Waals surface area contributed by atoms with Crippen molar-refractivity contribution in [2.24, 2.45) is 0 Å². The number of aromatic nitrogens is 2. The van der Waals surface area contributed by atoms with Crippen LogP contribution in [0.15, 0.2) is 194 Å². The maximum atomic E-state index is 2.73. The first-order valence-corrected chi connectivity index (χ1v) is 28.4.